The van der Waals surface area contributed by atoms with Gasteiger partial charge in [-0.05, 0) is 230 Å². The average Bonchev–Trinajstić information content (AvgIpc) is 1.71. The molecule has 0 fully saturated rings. The molecule has 0 aliphatic carbocycles. The Morgan fingerprint density at radius 1 is 0.446 bits per heavy atom. The van der Waals surface area contributed by atoms with Gasteiger partial charge in [-0.25, -0.2) is 69.3 Å². The second-order valence-electron chi connectivity index (χ2n) is 28.1. The van der Waals surface area contributed by atoms with Gasteiger partial charge in [-0.15, -0.1) is 35.6 Å². The molecule has 0 radical (unpaired) electrons. The van der Waals surface area contributed by atoms with Crippen LogP contribution in [0.5, 0.6) is 11.5 Å². The second kappa shape index (κ2) is 45.2. The van der Waals surface area contributed by atoms with Crippen molar-refractivity contribution in [1.29, 1.82) is 0 Å². The van der Waals surface area contributed by atoms with Crippen LogP contribution in [-0.2, 0) is 61.6 Å². The third-order valence-corrected chi connectivity index (χ3v) is 21.3. The van der Waals surface area contributed by atoms with Crippen LogP contribution in [0.1, 0.15) is 87.1 Å². The topological polar surface area (TPSA) is 447 Å². The number of nitrogens with zero attached hydrogens (tertiary/aromatic N) is 9. The molecule has 0 saturated carbocycles. The lowest BCUT2D eigenvalue weighted by atomic mass is 10.1. The highest BCUT2D eigenvalue weighted by Gasteiger charge is 2.26. The van der Waals surface area contributed by atoms with Crippen LogP contribution in [0.4, 0.5) is 9.59 Å². The van der Waals surface area contributed by atoms with Crippen LogP contribution in [0.15, 0.2) is 236 Å². The van der Waals surface area contributed by atoms with E-state index in [1.54, 1.807) is 125 Å². The molecule has 0 bridgehead atoms. The molecule has 0 saturated heterocycles. The molecule has 16 rings (SSSR count). The number of aromatic amines is 5. The summed E-state index contributed by atoms with van der Waals surface area (Å²) >= 11 is 11.1. The zero-order valence-corrected chi connectivity index (χ0v) is 71.5. The Kier molecular flexibility index (Phi) is 35.8. The number of alkyl carbamates (subject to hydrolysis) is 2. The summed E-state index contributed by atoms with van der Waals surface area (Å²) in [6.45, 7) is 12.8. The molecule has 2 amide bonds. The summed E-state index contributed by atoms with van der Waals surface area (Å²) in [5.41, 5.74) is 21.1. The van der Waals surface area contributed by atoms with Crippen LogP contribution in [-0.4, -0.2) is 166 Å². The van der Waals surface area contributed by atoms with E-state index in [9.17, 15) is 31.2 Å². The maximum Gasteiger partial charge on any atom is 0.407 e. The van der Waals surface area contributed by atoms with Gasteiger partial charge < -0.3 is 72.1 Å². The third-order valence-electron chi connectivity index (χ3n) is 17.5. The summed E-state index contributed by atoms with van der Waals surface area (Å²) in [6.07, 6.45) is 27.1. The van der Waals surface area contributed by atoms with E-state index in [0.717, 1.165) is 85.7 Å². The predicted octanol–water partition coefficient (Wildman–Crippen LogP) is 15.9. The minimum Gasteiger partial charge on any atom is -0.497 e. The summed E-state index contributed by atoms with van der Waals surface area (Å²) in [5, 5.41) is 12.4. The van der Waals surface area contributed by atoms with Crippen molar-refractivity contribution in [2.24, 2.45) is 11.5 Å². The third kappa shape index (κ3) is 25.9. The Bertz CT molecular complexity index is 6140. The number of nitrogens with one attached hydrogen (secondary N) is 7. The molecule has 16 aromatic rings. The quantitative estimate of drug-likeness (QED) is 0.0250. The molecule has 0 atom stereocenters. The van der Waals surface area contributed by atoms with Gasteiger partial charge in [0.15, 0.2) is 17.1 Å². The number of aryl methyl sites for hydroxylation is 1. The average molecular weight is 1750 g/mol. The number of hydrogen-bond acceptors (Lipinski definition) is 21. The van der Waals surface area contributed by atoms with E-state index < -0.39 is 37.3 Å². The standard InChI is InChI=1S/C21H25N3O5S.C16H17N3O3S.C14H19N3O2.C9H7ClN2O.C9H9ClN2.C9H11N3.C7H6N2.CH4.ClH.H3N/c1-21(2,3)29-20(25)23-12-10-15-14-24(19-18(15)9-6-11-22-19)30(26,27)17-8-5-7-16(13-17)28-4;1-22-13-4-2-5-14(10-13)23(20,21)19-11-12(7-8-17)15-6-3-9-18-16(15)19;1-14(2,3)19-13(18)16-8-6-10-9-17-12-11(10)5-4-7-15-12;10-4-8(13)7-5-12-9-6(7)2-1-3-11-9;2*10-4-3-7-6-12-9-8(7)2-1-5-11-9;1-2-6-3-5-9-7(6)8-4-1;;;/h5-9,11,13-14H,10,12H2,1-4H3,(H,23,25);2-6,9-11H,7-8,17H2,1H3;4-5,7,9H,6,8H2,1-3H3,(H,15,17)(H,16,18);1-3,5H,4H2,(H,11,12);1-2,5-6H,3-4H2,(H,11,12);1-2,5-6H,3-4,10H2,(H,11,12);1-5H,(H,8,9);1H4;1H;1H3. The van der Waals surface area contributed by atoms with E-state index in [2.05, 4.69) is 82.6 Å². The van der Waals surface area contributed by atoms with Crippen LogP contribution < -0.4 is 37.7 Å². The number of carbonyl (C=O) groups excluding carboxylic acids is 3. The van der Waals surface area contributed by atoms with Crippen LogP contribution in [0.3, 0.4) is 0 Å². The van der Waals surface area contributed by atoms with Gasteiger partial charge in [0.05, 0.1) is 29.9 Å². The van der Waals surface area contributed by atoms with E-state index in [0.29, 0.717) is 78.6 Å². The van der Waals surface area contributed by atoms with Gasteiger partial charge in [0, 0.05) is 161 Å². The molecular formula is C86H102Cl3N19O11S2. The zero-order valence-electron chi connectivity index (χ0n) is 67.5. The first-order valence-corrected chi connectivity index (χ1v) is 41.4. The maximum absolute atomic E-state index is 13.2. The van der Waals surface area contributed by atoms with Crippen LogP contribution in [0.2, 0.25) is 0 Å². The fourth-order valence-corrected chi connectivity index (χ4v) is 15.3. The van der Waals surface area contributed by atoms with E-state index in [1.165, 1.54) is 68.3 Å². The molecule has 0 aliphatic heterocycles. The van der Waals surface area contributed by atoms with Crippen molar-refractivity contribution in [3.8, 4) is 11.5 Å². The number of Topliss-reactive ketones (excluding diaryl/α,β-unsaturated/α-hetero) is 1. The van der Waals surface area contributed by atoms with Crippen molar-refractivity contribution >= 4 is 151 Å². The molecule has 35 heteroatoms. The van der Waals surface area contributed by atoms with E-state index >= 15 is 0 Å². The van der Waals surface area contributed by atoms with E-state index in [4.69, 9.17) is 53.6 Å². The fraction of sp³-hybridized carbons (Fsp3) is 0.256. The monoisotopic (exact) mass is 1750 g/mol. The Labute approximate surface area is 717 Å². The molecule has 30 nitrogen and oxygen atoms in total. The lowest BCUT2D eigenvalue weighted by Gasteiger charge is -2.19. The van der Waals surface area contributed by atoms with Gasteiger partial charge in [-0.3, -0.25) is 4.79 Å². The summed E-state index contributed by atoms with van der Waals surface area (Å²) in [7, 11) is -4.66. The van der Waals surface area contributed by atoms with Crippen molar-refractivity contribution in [3.05, 3.63) is 260 Å². The number of hydrogen-bond donors (Lipinski definition) is 10. The van der Waals surface area contributed by atoms with Gasteiger partial charge >= 0.3 is 12.2 Å². The number of fused-ring (bicyclic) bond motifs is 7. The number of rotatable bonds is 20. The molecule has 0 spiro atoms. The van der Waals surface area contributed by atoms with Crippen molar-refractivity contribution < 1.29 is 50.2 Å². The molecule has 0 aliphatic rings. The van der Waals surface area contributed by atoms with Gasteiger partial charge in [0.2, 0.25) is 0 Å². The van der Waals surface area contributed by atoms with Gasteiger partial charge in [0.1, 0.15) is 50.9 Å². The number of H-pyrrole nitrogens is 5. The minimum absolute atomic E-state index is 0. The second-order valence-corrected chi connectivity index (χ2v) is 32.4. The fourth-order valence-electron chi connectivity index (χ4n) is 12.1. The molecule has 2 aromatic carbocycles. The van der Waals surface area contributed by atoms with Crippen molar-refractivity contribution in [1.82, 2.24) is 84.5 Å². The highest BCUT2D eigenvalue weighted by Crippen LogP contribution is 2.30. The van der Waals surface area contributed by atoms with Crippen LogP contribution in [0.25, 0.3) is 77.2 Å². The Hall–Kier alpha value is -12.3. The minimum atomic E-state index is -3.88. The van der Waals surface area contributed by atoms with Gasteiger partial charge in [-0.1, -0.05) is 19.6 Å². The number of methoxy groups -OCH3 is 2. The highest BCUT2D eigenvalue weighted by molar-refractivity contribution is 7.90. The predicted molar refractivity (Wildman–Crippen MR) is 481 cm³/mol. The first-order valence-electron chi connectivity index (χ1n) is 37.5. The molecule has 14 heterocycles. The molecule has 14 aromatic heterocycles. The SMILES string of the molecule is C.CC(C)(C)OC(=O)NCCc1c[nH]c2ncccc12.COc1cccc(S(=O)(=O)n2cc(CCN)c3cccnc32)c1.COc1cccc(S(=O)(=O)n2cc(CCNC(=O)OC(C)(C)C)c3cccnc32)c1.Cl.ClCCc1c[nH]c2ncccc12.N.NCCc1c[nH]c2ncccc12.O=C(CCl)c1c[nH]c2ncccc12.c1cnc2[nH]ccc2c1. The highest BCUT2D eigenvalue weighted by atomic mass is 35.5. The first kappa shape index (κ1) is 95.9. The number of ether oxygens (including phenoxy) is 4. The molecule has 0 unspecified atom stereocenters. The van der Waals surface area contributed by atoms with E-state index in [1.807, 2.05) is 106 Å². The lowest BCUT2D eigenvalue weighted by Crippen LogP contribution is -2.33. The smallest absolute Gasteiger partial charge is 0.407 e. The number of halogens is 3. The van der Waals surface area contributed by atoms with Crippen molar-refractivity contribution in [2.45, 2.75) is 102 Å². The summed E-state index contributed by atoms with van der Waals surface area (Å²) in [4.78, 5) is 79.4. The Balaban J connectivity index is 0.000000200. The number of benzene rings is 2. The number of pyridine rings is 7. The number of aromatic nitrogens is 14. The van der Waals surface area contributed by atoms with Crippen LogP contribution >= 0.6 is 35.6 Å². The number of carbonyl (C=O) groups is 3. The van der Waals surface area contributed by atoms with Gasteiger partial charge in [-0.2, -0.15) is 0 Å². The van der Waals surface area contributed by atoms with Crippen LogP contribution in [0, 0.1) is 0 Å². The van der Waals surface area contributed by atoms with Crippen molar-refractivity contribution in [3.63, 3.8) is 0 Å². The Morgan fingerprint density at radius 3 is 1.22 bits per heavy atom. The molecule has 640 valence electrons. The number of alkyl halides is 2. The summed E-state index contributed by atoms with van der Waals surface area (Å²) in [5.74, 6) is 1.50. The number of ketones is 1. The molecule has 121 heavy (non-hydrogen) atoms. The lowest BCUT2D eigenvalue weighted by molar-refractivity contribution is 0.0517. The molecular weight excluding hydrogens is 1650 g/mol. The number of amides is 2. The number of nitrogens with two attached hydrogens (primary N) is 2. The normalized spacial score (nSPS) is 11.0. The molecule has 14 N–H and O–H groups in total. The largest absolute Gasteiger partial charge is 0.497 e. The zero-order chi connectivity index (χ0) is 84.4. The summed E-state index contributed by atoms with van der Waals surface area (Å²) in [6, 6.07) is 41.3. The van der Waals surface area contributed by atoms with Crippen molar-refractivity contribution in [2.75, 3.05) is 52.2 Å². The first-order chi connectivity index (χ1) is 56.8. The Morgan fingerprint density at radius 2 is 0.810 bits per heavy atom. The van der Waals surface area contributed by atoms with Gasteiger partial charge in [0.25, 0.3) is 20.0 Å². The maximum atomic E-state index is 13.2. The van der Waals surface area contributed by atoms with E-state index in [-0.39, 0.29) is 53.5 Å². The summed E-state index contributed by atoms with van der Waals surface area (Å²) < 4.78 is 75.5.